The number of aromatic nitrogens is 3. The summed E-state index contributed by atoms with van der Waals surface area (Å²) in [5.74, 6) is -0.245. The van der Waals surface area contributed by atoms with Gasteiger partial charge >= 0.3 is 5.97 Å². The standard InChI is InChI=1S/C14H8N4O2/c15-8-13-16-6-7-18(13)12-5-4-9-10(14(19)20)2-1-3-11(9)17-12/h1-7H,(H,19,20). The van der Waals surface area contributed by atoms with E-state index in [1.54, 1.807) is 35.0 Å². The molecule has 0 fully saturated rings. The second-order valence-electron chi connectivity index (χ2n) is 4.08. The van der Waals surface area contributed by atoms with Crippen LogP contribution < -0.4 is 0 Å². The minimum Gasteiger partial charge on any atom is -0.478 e. The molecule has 3 aromatic rings. The van der Waals surface area contributed by atoms with E-state index in [0.717, 1.165) is 0 Å². The molecule has 1 N–H and O–H groups in total. The zero-order valence-corrected chi connectivity index (χ0v) is 10.2. The highest BCUT2D eigenvalue weighted by Gasteiger charge is 2.11. The fourth-order valence-corrected chi connectivity index (χ4v) is 2.04. The molecule has 0 bridgehead atoms. The van der Waals surface area contributed by atoms with Crippen LogP contribution in [0.5, 0.6) is 0 Å². The van der Waals surface area contributed by atoms with E-state index in [0.29, 0.717) is 16.7 Å². The zero-order valence-electron chi connectivity index (χ0n) is 10.2. The molecule has 3 rings (SSSR count). The van der Waals surface area contributed by atoms with Gasteiger partial charge in [0, 0.05) is 17.8 Å². The normalized spacial score (nSPS) is 10.3. The van der Waals surface area contributed by atoms with Crippen LogP contribution >= 0.6 is 0 Å². The molecule has 0 amide bonds. The highest BCUT2D eigenvalue weighted by molar-refractivity contribution is 6.02. The number of benzene rings is 1. The van der Waals surface area contributed by atoms with E-state index in [4.69, 9.17) is 10.4 Å². The van der Waals surface area contributed by atoms with Crippen LogP contribution in [0.15, 0.2) is 42.7 Å². The molecule has 0 aliphatic rings. The van der Waals surface area contributed by atoms with Gasteiger partial charge in [-0.05, 0) is 24.3 Å². The number of nitriles is 1. The van der Waals surface area contributed by atoms with Gasteiger partial charge in [-0.3, -0.25) is 4.57 Å². The predicted octanol–water partition coefficient (Wildman–Crippen LogP) is 1.99. The Morgan fingerprint density at radius 2 is 2.15 bits per heavy atom. The summed E-state index contributed by atoms with van der Waals surface area (Å²) < 4.78 is 1.55. The first-order chi connectivity index (χ1) is 9.70. The molecule has 0 saturated carbocycles. The van der Waals surface area contributed by atoms with Gasteiger partial charge in [-0.2, -0.15) is 5.26 Å². The number of fused-ring (bicyclic) bond motifs is 1. The molecule has 6 nitrogen and oxygen atoms in total. The smallest absolute Gasteiger partial charge is 0.336 e. The average Bonchev–Trinajstić information content (AvgIpc) is 2.94. The number of carbonyl (C=O) groups is 1. The second-order valence-corrected chi connectivity index (χ2v) is 4.08. The molecule has 0 radical (unpaired) electrons. The summed E-state index contributed by atoms with van der Waals surface area (Å²) in [5, 5.41) is 18.6. The number of nitrogens with zero attached hydrogens (tertiary/aromatic N) is 4. The number of rotatable bonds is 2. The number of aromatic carboxylic acids is 1. The Kier molecular flexibility index (Phi) is 2.66. The van der Waals surface area contributed by atoms with Crippen molar-refractivity contribution in [1.82, 2.24) is 14.5 Å². The van der Waals surface area contributed by atoms with Crippen LogP contribution in [0, 0.1) is 11.3 Å². The number of pyridine rings is 1. The summed E-state index contributed by atoms with van der Waals surface area (Å²) in [6.45, 7) is 0. The van der Waals surface area contributed by atoms with E-state index >= 15 is 0 Å². The fraction of sp³-hybridized carbons (Fsp3) is 0. The molecule has 0 aliphatic heterocycles. The van der Waals surface area contributed by atoms with E-state index in [9.17, 15) is 4.79 Å². The maximum atomic E-state index is 11.1. The number of carboxylic acids is 1. The third-order valence-corrected chi connectivity index (χ3v) is 2.94. The Bertz CT molecular complexity index is 861. The van der Waals surface area contributed by atoms with Crippen LogP contribution in [0.2, 0.25) is 0 Å². The molecule has 0 aliphatic carbocycles. The fourth-order valence-electron chi connectivity index (χ4n) is 2.04. The summed E-state index contributed by atoms with van der Waals surface area (Å²) in [7, 11) is 0. The van der Waals surface area contributed by atoms with Crippen LogP contribution in [-0.4, -0.2) is 25.6 Å². The van der Waals surface area contributed by atoms with Gasteiger partial charge in [0.1, 0.15) is 11.9 Å². The molecule has 2 aromatic heterocycles. The third-order valence-electron chi connectivity index (χ3n) is 2.94. The molecule has 0 saturated heterocycles. The van der Waals surface area contributed by atoms with Crippen molar-refractivity contribution >= 4 is 16.9 Å². The van der Waals surface area contributed by atoms with Gasteiger partial charge in [-0.15, -0.1) is 0 Å². The van der Waals surface area contributed by atoms with Crippen molar-refractivity contribution in [3.05, 3.63) is 54.1 Å². The van der Waals surface area contributed by atoms with E-state index in [1.165, 1.54) is 12.3 Å². The number of hydrogen-bond donors (Lipinski definition) is 1. The van der Waals surface area contributed by atoms with Gasteiger partial charge in [0.15, 0.2) is 0 Å². The first-order valence-corrected chi connectivity index (χ1v) is 5.77. The number of imidazole rings is 1. The van der Waals surface area contributed by atoms with Crippen molar-refractivity contribution in [2.45, 2.75) is 0 Å². The van der Waals surface area contributed by atoms with Crippen molar-refractivity contribution in [3.8, 4) is 11.9 Å². The van der Waals surface area contributed by atoms with Gasteiger partial charge < -0.3 is 5.11 Å². The summed E-state index contributed by atoms with van der Waals surface area (Å²) in [6, 6.07) is 10.2. The van der Waals surface area contributed by atoms with E-state index < -0.39 is 5.97 Å². The maximum Gasteiger partial charge on any atom is 0.336 e. The lowest BCUT2D eigenvalue weighted by atomic mass is 10.1. The van der Waals surface area contributed by atoms with E-state index in [1.807, 2.05) is 6.07 Å². The number of hydrogen-bond acceptors (Lipinski definition) is 4. The van der Waals surface area contributed by atoms with Crippen molar-refractivity contribution < 1.29 is 9.90 Å². The molecule has 1 aromatic carbocycles. The summed E-state index contributed by atoms with van der Waals surface area (Å²) >= 11 is 0. The molecular formula is C14H8N4O2. The maximum absolute atomic E-state index is 11.1. The summed E-state index contributed by atoms with van der Waals surface area (Å²) in [6.07, 6.45) is 3.14. The lowest BCUT2D eigenvalue weighted by molar-refractivity contribution is 0.0699. The molecule has 0 atom stereocenters. The van der Waals surface area contributed by atoms with Crippen LogP contribution in [-0.2, 0) is 0 Å². The lowest BCUT2D eigenvalue weighted by Crippen LogP contribution is -2.02. The van der Waals surface area contributed by atoms with E-state index in [2.05, 4.69) is 9.97 Å². The van der Waals surface area contributed by atoms with Crippen molar-refractivity contribution in [2.75, 3.05) is 0 Å². The van der Waals surface area contributed by atoms with Crippen LogP contribution in [0.1, 0.15) is 16.2 Å². The molecular weight excluding hydrogens is 256 g/mol. The molecule has 0 spiro atoms. The summed E-state index contributed by atoms with van der Waals surface area (Å²) in [4.78, 5) is 19.4. The molecule has 6 heteroatoms. The quantitative estimate of drug-likeness (QED) is 0.764. The van der Waals surface area contributed by atoms with Crippen molar-refractivity contribution in [3.63, 3.8) is 0 Å². The topological polar surface area (TPSA) is 91.8 Å². The van der Waals surface area contributed by atoms with Crippen molar-refractivity contribution in [1.29, 1.82) is 5.26 Å². The van der Waals surface area contributed by atoms with E-state index in [-0.39, 0.29) is 11.4 Å². The Balaban J connectivity index is 2.23. The molecule has 0 unspecified atom stereocenters. The van der Waals surface area contributed by atoms with Gasteiger partial charge in [0.05, 0.1) is 11.1 Å². The largest absolute Gasteiger partial charge is 0.478 e. The second kappa shape index (κ2) is 4.48. The first kappa shape index (κ1) is 11.9. The Labute approximate surface area is 113 Å². The zero-order chi connectivity index (χ0) is 14.1. The Hall–Kier alpha value is -3.20. The molecule has 96 valence electrons. The molecule has 2 heterocycles. The highest BCUT2D eigenvalue weighted by Crippen LogP contribution is 2.19. The molecule has 20 heavy (non-hydrogen) atoms. The Morgan fingerprint density at radius 3 is 2.90 bits per heavy atom. The van der Waals surface area contributed by atoms with Crippen LogP contribution in [0.4, 0.5) is 0 Å². The first-order valence-electron chi connectivity index (χ1n) is 5.77. The minimum atomic E-state index is -0.995. The highest BCUT2D eigenvalue weighted by atomic mass is 16.4. The van der Waals surface area contributed by atoms with Gasteiger partial charge in [-0.25, -0.2) is 14.8 Å². The number of carboxylic acid groups (broad SMARTS) is 1. The monoisotopic (exact) mass is 264 g/mol. The van der Waals surface area contributed by atoms with Crippen LogP contribution in [0.25, 0.3) is 16.7 Å². The summed E-state index contributed by atoms with van der Waals surface area (Å²) in [5.41, 5.74) is 0.757. The van der Waals surface area contributed by atoms with Crippen molar-refractivity contribution in [2.24, 2.45) is 0 Å². The third kappa shape index (κ3) is 1.78. The SMILES string of the molecule is N#Cc1nccn1-c1ccc2c(C(=O)O)cccc2n1. The lowest BCUT2D eigenvalue weighted by Gasteiger charge is -2.06. The van der Waals surface area contributed by atoms with Gasteiger partial charge in [0.25, 0.3) is 0 Å². The Morgan fingerprint density at radius 1 is 1.30 bits per heavy atom. The van der Waals surface area contributed by atoms with Crippen LogP contribution in [0.3, 0.4) is 0 Å². The minimum absolute atomic E-state index is 0.202. The van der Waals surface area contributed by atoms with Gasteiger partial charge in [-0.1, -0.05) is 6.07 Å². The van der Waals surface area contributed by atoms with Gasteiger partial charge in [0.2, 0.25) is 5.82 Å². The average molecular weight is 264 g/mol. The predicted molar refractivity (Wildman–Crippen MR) is 70.5 cm³/mol.